The molecular weight excluding hydrogens is 1080 g/mol. The average Bonchev–Trinajstić information content (AvgIpc) is 0.680. The van der Waals surface area contributed by atoms with Gasteiger partial charge in [-0.1, -0.05) is 164 Å². The third-order valence-electron chi connectivity index (χ3n) is 27.4. The summed E-state index contributed by atoms with van der Waals surface area (Å²) < 4.78 is 0. The quantitative estimate of drug-likeness (QED) is 0.154. The number of hydrogen-bond acceptors (Lipinski definition) is 6. The van der Waals surface area contributed by atoms with Crippen molar-refractivity contribution in [1.82, 2.24) is 0 Å². The Hall–Kier alpha value is -5.02. The van der Waals surface area contributed by atoms with Gasteiger partial charge in [0, 0.05) is 146 Å². The molecule has 6 aromatic rings. The van der Waals surface area contributed by atoms with E-state index in [1.807, 2.05) is 0 Å². The third-order valence-corrected chi connectivity index (χ3v) is 35.5. The zero-order valence-corrected chi connectivity index (χ0v) is 52.3. The van der Waals surface area contributed by atoms with Gasteiger partial charge in [-0.05, 0) is 179 Å². The molecule has 14 aliphatic rings. The smallest absolute Gasteiger partial charge is 0.0431 e. The van der Waals surface area contributed by atoms with Gasteiger partial charge in [-0.15, -0.1) is 0 Å². The zero-order chi connectivity index (χ0) is 55.9. The Labute approximate surface area is 516 Å². The molecule has 0 spiro atoms. The highest BCUT2D eigenvalue weighted by Crippen LogP contribution is 2.80. The first-order valence-corrected chi connectivity index (χ1v) is 38.4. The van der Waals surface area contributed by atoms with E-state index in [2.05, 4.69) is 211 Å². The fourth-order valence-corrected chi connectivity index (χ4v) is 36.1. The van der Waals surface area contributed by atoms with Crippen LogP contribution in [0.4, 0.5) is 34.1 Å². The molecule has 6 nitrogen and oxygen atoms in total. The van der Waals surface area contributed by atoms with Gasteiger partial charge in [0.25, 0.3) is 0 Å². The molecule has 0 amide bonds. The molecule has 6 heterocycles. The van der Waals surface area contributed by atoms with Crippen LogP contribution in [-0.2, 0) is 0 Å². The second-order valence-corrected chi connectivity index (χ2v) is 35.7. The molecule has 6 aromatic carbocycles. The van der Waals surface area contributed by atoms with E-state index in [4.69, 9.17) is 0 Å². The number of anilines is 6. The normalized spacial score (nSPS) is 44.2. The van der Waals surface area contributed by atoms with Gasteiger partial charge in [0.1, 0.15) is 0 Å². The van der Waals surface area contributed by atoms with E-state index >= 15 is 0 Å². The minimum Gasteiger partial charge on any atom is -0.364 e. The van der Waals surface area contributed by atoms with Gasteiger partial charge < -0.3 is 29.4 Å². The largest absolute Gasteiger partial charge is 0.364 e. The van der Waals surface area contributed by atoms with E-state index in [0.717, 1.165) is 23.7 Å². The fraction of sp³-hybridized carbons (Fsp3) is 0.538. The number of rotatable bonds is 6. The molecule has 20 rings (SSSR count). The maximum absolute atomic E-state index is 3.43. The molecule has 6 saturated heterocycles. The van der Waals surface area contributed by atoms with Crippen LogP contribution in [0, 0.1) is 35.5 Å². The third kappa shape index (κ3) is 7.27. The molecular formula is C78H90N6P2. The van der Waals surface area contributed by atoms with Crippen LogP contribution in [0.15, 0.2) is 182 Å². The topological polar surface area (TPSA) is 19.4 Å². The Morgan fingerprint density at radius 3 is 0.849 bits per heavy atom. The molecule has 24 unspecified atom stereocenters. The first-order valence-electron chi connectivity index (χ1n) is 35.3. The molecule has 0 N–H and O–H groups in total. The van der Waals surface area contributed by atoms with E-state index in [0.29, 0.717) is 118 Å². The Balaban J connectivity index is 0.854. The van der Waals surface area contributed by atoms with Gasteiger partial charge in [-0.3, -0.25) is 0 Å². The highest BCUT2D eigenvalue weighted by atomic mass is 31.1. The Morgan fingerprint density at radius 2 is 0.500 bits per heavy atom. The van der Waals surface area contributed by atoms with Crippen molar-refractivity contribution in [2.24, 2.45) is 35.5 Å². The summed E-state index contributed by atoms with van der Waals surface area (Å²) in [5.74, 6) is 4.37. The SMILES string of the molecule is c1ccc(N2C3CCCC4C3P3C5C(CC6CCCCC6C5N4c4ccccc4)N(c4ccccc4)C4C5C(CC2C43)CC2C3C5N(c4ccccc4)C4CC5CCCCC5C5C4P3C3C(CCCC3N5c3ccccc3)N2c2ccccc2)cc1. The summed E-state index contributed by atoms with van der Waals surface area (Å²) in [4.78, 5) is 19.9. The number of benzene rings is 6. The van der Waals surface area contributed by atoms with Gasteiger partial charge in [0.2, 0.25) is 0 Å². The van der Waals surface area contributed by atoms with Crippen molar-refractivity contribution in [2.45, 2.75) is 222 Å². The molecule has 86 heavy (non-hydrogen) atoms. The van der Waals surface area contributed by atoms with Gasteiger partial charge >= 0.3 is 0 Å². The molecule has 8 saturated carbocycles. The average molecular weight is 1170 g/mol. The van der Waals surface area contributed by atoms with Gasteiger partial charge in [0.05, 0.1) is 0 Å². The van der Waals surface area contributed by atoms with Crippen LogP contribution in [0.25, 0.3) is 0 Å². The van der Waals surface area contributed by atoms with Crippen molar-refractivity contribution in [3.05, 3.63) is 182 Å². The number of hydrogen-bond donors (Lipinski definition) is 0. The minimum absolute atomic E-state index is 0.375. The Morgan fingerprint density at radius 1 is 0.233 bits per heavy atom. The van der Waals surface area contributed by atoms with Gasteiger partial charge in [-0.2, -0.15) is 0 Å². The van der Waals surface area contributed by atoms with Crippen molar-refractivity contribution < 1.29 is 0 Å². The zero-order valence-electron chi connectivity index (χ0n) is 50.5. The molecule has 442 valence electrons. The summed E-state index contributed by atoms with van der Waals surface area (Å²) in [5, 5.41) is 0. The van der Waals surface area contributed by atoms with Crippen LogP contribution < -0.4 is 29.4 Å². The lowest BCUT2D eigenvalue weighted by Gasteiger charge is -2.80. The summed E-state index contributed by atoms with van der Waals surface area (Å²) in [7, 11) is -0.750. The van der Waals surface area contributed by atoms with Crippen LogP contribution in [-0.4, -0.2) is 106 Å². The highest BCUT2D eigenvalue weighted by Gasteiger charge is 2.77. The molecule has 6 aliphatic heterocycles. The van der Waals surface area contributed by atoms with Crippen LogP contribution in [0.1, 0.15) is 116 Å². The summed E-state index contributed by atoms with van der Waals surface area (Å²) >= 11 is 0. The van der Waals surface area contributed by atoms with E-state index < -0.39 is 0 Å². The maximum atomic E-state index is 3.43. The fourth-order valence-electron chi connectivity index (χ4n) is 25.5. The minimum atomic E-state index is -0.375. The Kier molecular flexibility index (Phi) is 12.2. The molecule has 8 heteroatoms. The van der Waals surface area contributed by atoms with Crippen molar-refractivity contribution in [3.63, 3.8) is 0 Å². The van der Waals surface area contributed by atoms with Crippen molar-refractivity contribution >= 4 is 50.0 Å². The highest BCUT2D eigenvalue weighted by molar-refractivity contribution is 7.61. The first kappa shape index (κ1) is 51.8. The monoisotopic (exact) mass is 1170 g/mol. The molecule has 0 radical (unpaired) electrons. The first-order chi connectivity index (χ1) is 42.8. The lowest BCUT2D eigenvalue weighted by atomic mass is 9.58. The Bertz CT molecular complexity index is 3190. The van der Waals surface area contributed by atoms with Crippen molar-refractivity contribution in [1.29, 1.82) is 0 Å². The second kappa shape index (κ2) is 20.2. The predicted molar refractivity (Wildman–Crippen MR) is 360 cm³/mol. The van der Waals surface area contributed by atoms with E-state index in [9.17, 15) is 0 Å². The van der Waals surface area contributed by atoms with E-state index in [1.165, 1.54) is 127 Å². The molecule has 8 aliphatic carbocycles. The van der Waals surface area contributed by atoms with E-state index in [1.54, 1.807) is 22.7 Å². The molecule has 24 atom stereocenters. The lowest BCUT2D eigenvalue weighted by molar-refractivity contribution is 0.0332. The van der Waals surface area contributed by atoms with Crippen LogP contribution in [0.2, 0.25) is 0 Å². The lowest BCUT2D eigenvalue weighted by Crippen LogP contribution is -2.86. The number of nitrogens with zero attached hydrogens (tertiary/aromatic N) is 6. The summed E-state index contributed by atoms with van der Waals surface area (Å²) in [6, 6.07) is 81.1. The van der Waals surface area contributed by atoms with Gasteiger partial charge in [-0.25, -0.2) is 0 Å². The van der Waals surface area contributed by atoms with Crippen LogP contribution >= 0.6 is 15.8 Å². The molecule has 0 aromatic heterocycles. The van der Waals surface area contributed by atoms with Crippen LogP contribution in [0.5, 0.6) is 0 Å². The standard InChI is InChI=1S/C78H90N6P2/c1-7-27-52(28-8-1)79-60-41-23-43-62-73(60)85-75-66(45-49-25-19-21-39-58(49)69(75)81(62)54-31-11-3-12-32-54)83(56-35-15-5-16-36-56)71-68-51(47-64(79)77(71)85)48-65-78-72(68)84(57-37-17-6-18-38-57)67-46-50-26-20-22-40-59(50)70-76(67)86(78)74-61(80(65)53-29-9-2-10-30-53)42-24-44-63(74)82(70)55-33-13-4-14-34-55/h1-18,27-38,49-51,58-78H,19-26,39-48H2. The molecule has 0 bridgehead atoms. The second-order valence-electron chi connectivity index (χ2n) is 30.4. The maximum Gasteiger partial charge on any atom is 0.0431 e. The number of fused-ring (bicyclic) bond motifs is 7. The predicted octanol–water partition coefficient (Wildman–Crippen LogP) is 16.5. The van der Waals surface area contributed by atoms with E-state index in [-0.39, 0.29) is 15.8 Å². The van der Waals surface area contributed by atoms with Crippen molar-refractivity contribution in [2.75, 3.05) is 29.4 Å². The van der Waals surface area contributed by atoms with Crippen molar-refractivity contribution in [3.8, 4) is 0 Å². The number of para-hydroxylation sites is 6. The van der Waals surface area contributed by atoms with Gasteiger partial charge in [0.15, 0.2) is 0 Å². The van der Waals surface area contributed by atoms with Crippen LogP contribution in [0.3, 0.4) is 0 Å². The summed E-state index contributed by atoms with van der Waals surface area (Å²) in [5.41, 5.74) is 13.5. The summed E-state index contributed by atoms with van der Waals surface area (Å²) in [6.07, 6.45) is 25.1. The molecule has 14 fully saturated rings. The summed E-state index contributed by atoms with van der Waals surface area (Å²) in [6.45, 7) is 0.